The molecule has 1 aromatic carbocycles. The van der Waals surface area contributed by atoms with Crippen LogP contribution < -0.4 is 0 Å². The largest absolute Gasteiger partial charge is 0.396 e. The SMILES string of the molecule is CCn1ccc2ccc(C(C)CO)cc21. The Morgan fingerprint density at radius 3 is 2.80 bits per heavy atom. The van der Waals surface area contributed by atoms with E-state index in [-0.39, 0.29) is 12.5 Å². The Hall–Kier alpha value is -1.28. The summed E-state index contributed by atoms with van der Waals surface area (Å²) in [5.41, 5.74) is 2.47. The van der Waals surface area contributed by atoms with Crippen LogP contribution in [0.25, 0.3) is 10.9 Å². The molecule has 1 N–H and O–H groups in total. The highest BCUT2D eigenvalue weighted by Crippen LogP contribution is 2.22. The van der Waals surface area contributed by atoms with Crippen molar-refractivity contribution >= 4 is 10.9 Å². The zero-order valence-electron chi connectivity index (χ0n) is 9.27. The number of rotatable bonds is 3. The van der Waals surface area contributed by atoms with Crippen LogP contribution in [0.4, 0.5) is 0 Å². The van der Waals surface area contributed by atoms with Crippen molar-refractivity contribution in [2.24, 2.45) is 0 Å². The normalized spacial score (nSPS) is 13.3. The lowest BCUT2D eigenvalue weighted by Crippen LogP contribution is -1.99. The van der Waals surface area contributed by atoms with Crippen molar-refractivity contribution in [1.29, 1.82) is 0 Å². The molecule has 0 saturated carbocycles. The molecule has 1 aromatic heterocycles. The minimum atomic E-state index is 0.207. The predicted molar refractivity (Wildman–Crippen MR) is 63.1 cm³/mol. The average molecular weight is 203 g/mol. The van der Waals surface area contributed by atoms with Crippen LogP contribution in [0.3, 0.4) is 0 Å². The third-order valence-electron chi connectivity index (χ3n) is 2.98. The molecule has 0 saturated heterocycles. The molecule has 0 radical (unpaired) electrons. The van der Waals surface area contributed by atoms with Crippen molar-refractivity contribution in [3.8, 4) is 0 Å². The Morgan fingerprint density at radius 2 is 2.13 bits per heavy atom. The number of hydrogen-bond donors (Lipinski definition) is 1. The molecule has 2 aromatic rings. The smallest absolute Gasteiger partial charge is 0.0497 e. The highest BCUT2D eigenvalue weighted by molar-refractivity contribution is 5.81. The van der Waals surface area contributed by atoms with Crippen LogP contribution in [0.1, 0.15) is 25.3 Å². The number of fused-ring (bicyclic) bond motifs is 1. The van der Waals surface area contributed by atoms with Gasteiger partial charge in [-0.2, -0.15) is 0 Å². The summed E-state index contributed by atoms with van der Waals surface area (Å²) in [6.07, 6.45) is 2.11. The highest BCUT2D eigenvalue weighted by atomic mass is 16.3. The number of nitrogens with zero attached hydrogens (tertiary/aromatic N) is 1. The van der Waals surface area contributed by atoms with Crippen LogP contribution in [0.2, 0.25) is 0 Å². The summed E-state index contributed by atoms with van der Waals surface area (Å²) in [4.78, 5) is 0. The Kier molecular flexibility index (Phi) is 2.78. The van der Waals surface area contributed by atoms with Gasteiger partial charge >= 0.3 is 0 Å². The van der Waals surface area contributed by atoms with Gasteiger partial charge in [-0.05, 0) is 30.0 Å². The van der Waals surface area contributed by atoms with Crippen molar-refractivity contribution in [3.05, 3.63) is 36.0 Å². The second kappa shape index (κ2) is 4.07. The minimum Gasteiger partial charge on any atom is -0.396 e. The second-order valence-electron chi connectivity index (χ2n) is 4.00. The van der Waals surface area contributed by atoms with Gasteiger partial charge in [-0.3, -0.25) is 0 Å². The first-order valence-corrected chi connectivity index (χ1v) is 5.46. The number of aliphatic hydroxyl groups excluding tert-OH is 1. The minimum absolute atomic E-state index is 0.207. The third-order valence-corrected chi connectivity index (χ3v) is 2.98. The zero-order valence-corrected chi connectivity index (χ0v) is 9.27. The maximum Gasteiger partial charge on any atom is 0.0497 e. The molecule has 0 aliphatic heterocycles. The molecular weight excluding hydrogens is 186 g/mol. The van der Waals surface area contributed by atoms with Gasteiger partial charge in [0.1, 0.15) is 0 Å². The predicted octanol–water partition coefficient (Wildman–Crippen LogP) is 2.76. The van der Waals surface area contributed by atoms with E-state index in [0.717, 1.165) is 6.54 Å². The lowest BCUT2D eigenvalue weighted by Gasteiger charge is -2.09. The van der Waals surface area contributed by atoms with Gasteiger partial charge < -0.3 is 9.67 Å². The van der Waals surface area contributed by atoms with E-state index in [2.05, 4.69) is 42.0 Å². The average Bonchev–Trinajstić information content (AvgIpc) is 2.69. The van der Waals surface area contributed by atoms with Crippen molar-refractivity contribution in [1.82, 2.24) is 4.57 Å². The first kappa shape index (κ1) is 10.2. The quantitative estimate of drug-likeness (QED) is 0.815. The van der Waals surface area contributed by atoms with E-state index in [1.807, 2.05) is 6.92 Å². The fourth-order valence-electron chi connectivity index (χ4n) is 1.89. The topological polar surface area (TPSA) is 25.2 Å². The summed E-state index contributed by atoms with van der Waals surface area (Å²) in [6, 6.07) is 8.54. The lowest BCUT2D eigenvalue weighted by atomic mass is 10.0. The van der Waals surface area contributed by atoms with E-state index in [1.54, 1.807) is 0 Å². The van der Waals surface area contributed by atoms with E-state index < -0.39 is 0 Å². The van der Waals surface area contributed by atoms with Crippen molar-refractivity contribution in [3.63, 3.8) is 0 Å². The fourth-order valence-corrected chi connectivity index (χ4v) is 1.89. The van der Waals surface area contributed by atoms with Crippen molar-refractivity contribution in [2.75, 3.05) is 6.61 Å². The molecule has 15 heavy (non-hydrogen) atoms. The van der Waals surface area contributed by atoms with E-state index in [4.69, 9.17) is 5.11 Å². The molecule has 2 rings (SSSR count). The van der Waals surface area contributed by atoms with E-state index >= 15 is 0 Å². The van der Waals surface area contributed by atoms with Gasteiger partial charge in [0.05, 0.1) is 0 Å². The van der Waals surface area contributed by atoms with Crippen LogP contribution in [0, 0.1) is 0 Å². The summed E-state index contributed by atoms with van der Waals surface area (Å²) in [7, 11) is 0. The fraction of sp³-hybridized carbons (Fsp3) is 0.385. The first-order chi connectivity index (χ1) is 7.26. The Balaban J connectivity index is 2.52. The van der Waals surface area contributed by atoms with Crippen molar-refractivity contribution in [2.45, 2.75) is 26.3 Å². The maximum absolute atomic E-state index is 9.13. The summed E-state index contributed by atoms with van der Waals surface area (Å²) in [5.74, 6) is 0.217. The van der Waals surface area contributed by atoms with Gasteiger partial charge in [0.25, 0.3) is 0 Å². The number of aromatic nitrogens is 1. The van der Waals surface area contributed by atoms with Crippen LogP contribution in [-0.2, 0) is 6.54 Å². The van der Waals surface area contributed by atoms with Crippen LogP contribution >= 0.6 is 0 Å². The zero-order chi connectivity index (χ0) is 10.8. The highest BCUT2D eigenvalue weighted by Gasteiger charge is 2.06. The Labute approximate surface area is 90.2 Å². The van der Waals surface area contributed by atoms with E-state index in [9.17, 15) is 0 Å². The van der Waals surface area contributed by atoms with E-state index in [1.165, 1.54) is 16.5 Å². The summed E-state index contributed by atoms with van der Waals surface area (Å²) in [5, 5.41) is 10.4. The Morgan fingerprint density at radius 1 is 1.33 bits per heavy atom. The lowest BCUT2D eigenvalue weighted by molar-refractivity contribution is 0.273. The molecule has 2 heteroatoms. The Bertz CT molecular complexity index is 459. The van der Waals surface area contributed by atoms with Gasteiger partial charge in [-0.15, -0.1) is 0 Å². The van der Waals surface area contributed by atoms with Gasteiger partial charge in [0.15, 0.2) is 0 Å². The molecule has 80 valence electrons. The maximum atomic E-state index is 9.13. The standard InChI is InChI=1S/C13H17NO/c1-3-14-7-6-11-4-5-12(8-13(11)14)10(2)9-15/h4-8,10,15H,3,9H2,1-2H3. The van der Waals surface area contributed by atoms with Crippen molar-refractivity contribution < 1.29 is 5.11 Å². The molecule has 2 nitrogen and oxygen atoms in total. The number of benzene rings is 1. The summed E-state index contributed by atoms with van der Waals surface area (Å²) < 4.78 is 2.23. The molecule has 1 unspecified atom stereocenters. The van der Waals surface area contributed by atoms with Gasteiger partial charge in [-0.25, -0.2) is 0 Å². The molecular formula is C13H17NO. The molecule has 1 heterocycles. The molecule has 0 fully saturated rings. The number of aliphatic hydroxyl groups is 1. The van der Waals surface area contributed by atoms with Crippen LogP contribution in [0.5, 0.6) is 0 Å². The van der Waals surface area contributed by atoms with Crippen LogP contribution in [0.15, 0.2) is 30.5 Å². The number of hydrogen-bond acceptors (Lipinski definition) is 1. The van der Waals surface area contributed by atoms with E-state index in [0.29, 0.717) is 0 Å². The first-order valence-electron chi connectivity index (χ1n) is 5.46. The van der Waals surface area contributed by atoms with Gasteiger partial charge in [0.2, 0.25) is 0 Å². The van der Waals surface area contributed by atoms with Gasteiger partial charge in [-0.1, -0.05) is 19.1 Å². The molecule has 0 amide bonds. The summed E-state index contributed by atoms with van der Waals surface area (Å²) >= 11 is 0. The number of aryl methyl sites for hydroxylation is 1. The third kappa shape index (κ3) is 1.77. The monoisotopic (exact) mass is 203 g/mol. The van der Waals surface area contributed by atoms with Gasteiger partial charge in [0, 0.05) is 30.8 Å². The molecule has 1 atom stereocenters. The summed E-state index contributed by atoms with van der Waals surface area (Å²) in [6.45, 7) is 5.38. The molecule has 0 spiro atoms. The molecule has 0 bridgehead atoms. The molecule has 0 aliphatic rings. The molecule has 0 aliphatic carbocycles. The second-order valence-corrected chi connectivity index (χ2v) is 4.00. The van der Waals surface area contributed by atoms with Crippen LogP contribution in [-0.4, -0.2) is 16.3 Å².